The molecular weight excluding hydrogens is 444 g/mol. The number of piperidine rings is 1. The summed E-state index contributed by atoms with van der Waals surface area (Å²) in [6, 6.07) is 16.3. The number of hydrogen-bond acceptors (Lipinski definition) is 4. The second-order valence-corrected chi connectivity index (χ2v) is 9.13. The van der Waals surface area contributed by atoms with Crippen molar-refractivity contribution < 1.29 is 14.3 Å². The molecule has 4 rings (SSSR count). The van der Waals surface area contributed by atoms with E-state index < -0.39 is 5.91 Å². The van der Waals surface area contributed by atoms with Gasteiger partial charge >= 0.3 is 0 Å². The second-order valence-electron chi connectivity index (χ2n) is 9.13. The van der Waals surface area contributed by atoms with Gasteiger partial charge in [0.05, 0.1) is 11.4 Å². The molecule has 0 radical (unpaired) electrons. The van der Waals surface area contributed by atoms with Crippen LogP contribution in [0.25, 0.3) is 5.69 Å². The minimum absolute atomic E-state index is 0.0271. The van der Waals surface area contributed by atoms with E-state index in [2.05, 4.69) is 19.2 Å². The van der Waals surface area contributed by atoms with Crippen LogP contribution >= 0.6 is 0 Å². The molecule has 8 nitrogen and oxygen atoms in total. The van der Waals surface area contributed by atoms with Crippen molar-refractivity contribution in [1.29, 1.82) is 0 Å². The fourth-order valence-electron chi connectivity index (χ4n) is 4.73. The van der Waals surface area contributed by atoms with Gasteiger partial charge < -0.3 is 15.0 Å². The normalized spacial score (nSPS) is 17.8. The smallest absolute Gasteiger partial charge is 0.295 e. The topological polar surface area (TPSA) is 85.6 Å². The van der Waals surface area contributed by atoms with Crippen molar-refractivity contribution in [3.63, 3.8) is 0 Å². The van der Waals surface area contributed by atoms with Crippen LogP contribution in [0.4, 0.5) is 5.69 Å². The van der Waals surface area contributed by atoms with Crippen molar-refractivity contribution in [2.75, 3.05) is 11.9 Å². The van der Waals surface area contributed by atoms with Gasteiger partial charge in [-0.1, -0.05) is 18.2 Å². The molecule has 0 spiro atoms. The highest BCUT2D eigenvalue weighted by atomic mass is 16.5. The molecular formula is C27H32N4O4. The fraction of sp³-hybridized carbons (Fsp3) is 0.370. The predicted molar refractivity (Wildman–Crippen MR) is 135 cm³/mol. The van der Waals surface area contributed by atoms with Crippen LogP contribution < -0.4 is 15.6 Å². The quantitative estimate of drug-likeness (QED) is 0.585. The van der Waals surface area contributed by atoms with Crippen LogP contribution in [0.2, 0.25) is 0 Å². The Hall–Kier alpha value is -3.81. The molecule has 184 valence electrons. The van der Waals surface area contributed by atoms with Crippen molar-refractivity contribution in [2.24, 2.45) is 7.05 Å². The average molecular weight is 477 g/mol. The van der Waals surface area contributed by atoms with Crippen molar-refractivity contribution in [3.05, 3.63) is 76.2 Å². The third-order valence-electron chi connectivity index (χ3n) is 6.75. The van der Waals surface area contributed by atoms with Crippen LogP contribution in [-0.2, 0) is 11.8 Å². The lowest BCUT2D eigenvalue weighted by atomic mass is 9.97. The van der Waals surface area contributed by atoms with E-state index in [9.17, 15) is 14.4 Å². The second kappa shape index (κ2) is 10.2. The molecule has 1 aromatic heterocycles. The number of para-hydroxylation sites is 1. The van der Waals surface area contributed by atoms with Crippen molar-refractivity contribution in [1.82, 2.24) is 14.3 Å². The Kier molecular flexibility index (Phi) is 7.10. The zero-order valence-electron chi connectivity index (χ0n) is 20.7. The number of nitrogens with zero attached hydrogens (tertiary/aromatic N) is 3. The van der Waals surface area contributed by atoms with Gasteiger partial charge in [-0.15, -0.1) is 0 Å². The molecule has 0 bridgehead atoms. The lowest BCUT2D eigenvalue weighted by molar-refractivity contribution is -0.139. The summed E-state index contributed by atoms with van der Waals surface area (Å²) in [6.45, 7) is 5.89. The molecule has 1 aliphatic rings. The molecule has 1 saturated heterocycles. The number of benzene rings is 2. The van der Waals surface area contributed by atoms with Gasteiger partial charge in [-0.05, 0) is 76.4 Å². The van der Waals surface area contributed by atoms with E-state index in [-0.39, 0.29) is 35.8 Å². The Balaban J connectivity index is 1.42. The zero-order valence-corrected chi connectivity index (χ0v) is 20.7. The molecule has 1 fully saturated rings. The first-order valence-corrected chi connectivity index (χ1v) is 12.0. The molecule has 2 aromatic carbocycles. The highest BCUT2D eigenvalue weighted by molar-refractivity contribution is 6.04. The van der Waals surface area contributed by atoms with Gasteiger partial charge in [0.2, 0.25) is 0 Å². The number of likely N-dealkylation sites (tertiary alicyclic amines) is 1. The summed E-state index contributed by atoms with van der Waals surface area (Å²) in [4.78, 5) is 40.5. The number of carbonyl (C=O) groups excluding carboxylic acids is 2. The average Bonchev–Trinajstić information content (AvgIpc) is 3.06. The number of rotatable bonds is 6. The summed E-state index contributed by atoms with van der Waals surface area (Å²) in [5.41, 5.74) is 1.68. The Morgan fingerprint density at radius 1 is 1.00 bits per heavy atom. The maximum absolute atomic E-state index is 13.0. The lowest BCUT2D eigenvalue weighted by Gasteiger charge is -2.38. The molecule has 2 heterocycles. The van der Waals surface area contributed by atoms with Crippen LogP contribution in [0.5, 0.6) is 5.75 Å². The van der Waals surface area contributed by atoms with Crippen molar-refractivity contribution in [2.45, 2.75) is 52.1 Å². The Labute approximate surface area is 205 Å². The van der Waals surface area contributed by atoms with E-state index in [4.69, 9.17) is 4.74 Å². The molecule has 2 amide bonds. The molecule has 0 aliphatic carbocycles. The maximum atomic E-state index is 13.0. The van der Waals surface area contributed by atoms with Gasteiger partial charge in [0, 0.05) is 24.7 Å². The van der Waals surface area contributed by atoms with E-state index in [1.165, 1.54) is 4.68 Å². The van der Waals surface area contributed by atoms with Crippen LogP contribution in [0.3, 0.4) is 0 Å². The van der Waals surface area contributed by atoms with E-state index in [0.717, 1.165) is 19.3 Å². The minimum Gasteiger partial charge on any atom is -0.484 e. The Bertz CT molecular complexity index is 1250. The summed E-state index contributed by atoms with van der Waals surface area (Å²) in [5.74, 6) is 0.0879. The number of nitrogens with one attached hydrogen (secondary N) is 1. The summed E-state index contributed by atoms with van der Waals surface area (Å²) in [6.07, 6.45) is 3.16. The number of hydrogen-bond donors (Lipinski definition) is 1. The van der Waals surface area contributed by atoms with E-state index in [0.29, 0.717) is 22.7 Å². The number of amides is 2. The van der Waals surface area contributed by atoms with Gasteiger partial charge in [0.25, 0.3) is 17.4 Å². The molecule has 35 heavy (non-hydrogen) atoms. The van der Waals surface area contributed by atoms with Crippen molar-refractivity contribution >= 4 is 17.5 Å². The largest absolute Gasteiger partial charge is 0.484 e. The van der Waals surface area contributed by atoms with Gasteiger partial charge in [-0.25, -0.2) is 4.68 Å². The standard InChI is InChI=1S/C27H32N4O4/c1-18-9-8-10-19(2)30(18)24(32)17-35-23-15-13-21(14-16-23)26(33)28-25-20(3)29(4)31(27(25)34)22-11-6-5-7-12-22/h5-7,11-16,18-19H,8-10,17H2,1-4H3,(H,28,33). The fourth-order valence-corrected chi connectivity index (χ4v) is 4.73. The number of ether oxygens (including phenoxy) is 1. The number of carbonyl (C=O) groups is 2. The van der Waals surface area contributed by atoms with E-state index >= 15 is 0 Å². The molecule has 2 unspecified atom stereocenters. The first kappa shape index (κ1) is 24.3. The molecule has 0 saturated carbocycles. The van der Waals surface area contributed by atoms with Crippen LogP contribution in [0.1, 0.15) is 49.2 Å². The third kappa shape index (κ3) is 5.01. The van der Waals surface area contributed by atoms with Gasteiger partial charge in [0.1, 0.15) is 11.4 Å². The van der Waals surface area contributed by atoms with Gasteiger partial charge in [0.15, 0.2) is 6.61 Å². The monoisotopic (exact) mass is 476 g/mol. The highest BCUT2D eigenvalue weighted by Gasteiger charge is 2.29. The number of aromatic nitrogens is 2. The van der Waals surface area contributed by atoms with E-state index in [1.54, 1.807) is 42.9 Å². The first-order chi connectivity index (χ1) is 16.8. The Morgan fingerprint density at radius 2 is 1.63 bits per heavy atom. The highest BCUT2D eigenvalue weighted by Crippen LogP contribution is 2.23. The molecule has 2 atom stereocenters. The molecule has 8 heteroatoms. The van der Waals surface area contributed by atoms with Crippen LogP contribution in [0, 0.1) is 6.92 Å². The zero-order chi connectivity index (χ0) is 25.1. The summed E-state index contributed by atoms with van der Waals surface area (Å²) in [7, 11) is 1.78. The van der Waals surface area contributed by atoms with Gasteiger partial charge in [-0.3, -0.25) is 19.1 Å². The van der Waals surface area contributed by atoms with Crippen LogP contribution in [-0.4, -0.2) is 44.8 Å². The predicted octanol–water partition coefficient (Wildman–Crippen LogP) is 3.91. The summed E-state index contributed by atoms with van der Waals surface area (Å²) < 4.78 is 8.93. The molecule has 1 aliphatic heterocycles. The summed E-state index contributed by atoms with van der Waals surface area (Å²) in [5, 5.41) is 2.75. The SMILES string of the molecule is Cc1c(NC(=O)c2ccc(OCC(=O)N3C(C)CCCC3C)cc2)c(=O)n(-c2ccccc2)n1C. The Morgan fingerprint density at radius 3 is 2.26 bits per heavy atom. The minimum atomic E-state index is -0.394. The third-order valence-corrected chi connectivity index (χ3v) is 6.75. The van der Waals surface area contributed by atoms with Gasteiger partial charge in [-0.2, -0.15) is 0 Å². The summed E-state index contributed by atoms with van der Waals surface area (Å²) >= 11 is 0. The maximum Gasteiger partial charge on any atom is 0.295 e. The van der Waals surface area contributed by atoms with E-state index in [1.807, 2.05) is 35.2 Å². The van der Waals surface area contributed by atoms with Crippen LogP contribution in [0.15, 0.2) is 59.4 Å². The number of anilines is 1. The molecule has 1 N–H and O–H groups in total. The first-order valence-electron chi connectivity index (χ1n) is 12.0. The lowest BCUT2D eigenvalue weighted by Crippen LogP contribution is -2.49. The molecule has 3 aromatic rings. The van der Waals surface area contributed by atoms with Crippen molar-refractivity contribution in [3.8, 4) is 11.4 Å².